The average Bonchev–Trinajstić information content (AvgIpc) is 2.20. The fraction of sp³-hybridized carbons (Fsp3) is 0.778. The highest BCUT2D eigenvalue weighted by Gasteiger charge is 2.17. The Balaban J connectivity index is 2.43. The van der Waals surface area contributed by atoms with E-state index in [0.29, 0.717) is 5.25 Å². The van der Waals surface area contributed by atoms with Crippen LogP contribution in [-0.4, -0.2) is 39.7 Å². The molecule has 0 N–H and O–H groups in total. The van der Waals surface area contributed by atoms with Crippen LogP contribution in [0.3, 0.4) is 0 Å². The van der Waals surface area contributed by atoms with Crippen molar-refractivity contribution in [1.82, 2.24) is 4.90 Å². The Kier molecular flexibility index (Phi) is 3.95. The smallest absolute Gasteiger partial charge is 0.0365 e. The lowest BCUT2D eigenvalue weighted by Gasteiger charge is -2.16. The van der Waals surface area contributed by atoms with Crippen LogP contribution in [0.5, 0.6) is 0 Å². The number of hydrogen-bond donors (Lipinski definition) is 0. The predicted octanol–water partition coefficient (Wildman–Crippen LogP) is 1.02. The van der Waals surface area contributed by atoms with E-state index in [1.165, 1.54) is 0 Å². The SMILES string of the molecule is C=CCN1CCC(C)S(=O)CC1. The zero-order chi connectivity index (χ0) is 8.97. The molecule has 0 aromatic carbocycles. The van der Waals surface area contributed by atoms with E-state index >= 15 is 0 Å². The van der Waals surface area contributed by atoms with Crippen molar-refractivity contribution in [1.29, 1.82) is 0 Å². The predicted molar refractivity (Wildman–Crippen MR) is 53.7 cm³/mol. The molecule has 0 aromatic rings. The van der Waals surface area contributed by atoms with E-state index in [2.05, 4.69) is 18.4 Å². The first-order valence-electron chi connectivity index (χ1n) is 4.44. The van der Waals surface area contributed by atoms with E-state index in [1.54, 1.807) is 0 Å². The van der Waals surface area contributed by atoms with Gasteiger partial charge in [0.1, 0.15) is 0 Å². The summed E-state index contributed by atoms with van der Waals surface area (Å²) in [5.74, 6) is 0.828. The van der Waals surface area contributed by atoms with Gasteiger partial charge in [0.15, 0.2) is 0 Å². The van der Waals surface area contributed by atoms with Crippen LogP contribution in [0.4, 0.5) is 0 Å². The molecule has 0 aromatic heterocycles. The molecule has 1 saturated heterocycles. The highest BCUT2D eigenvalue weighted by Crippen LogP contribution is 2.08. The monoisotopic (exact) mass is 187 g/mol. The van der Waals surface area contributed by atoms with Gasteiger partial charge in [0.2, 0.25) is 0 Å². The summed E-state index contributed by atoms with van der Waals surface area (Å²) in [6, 6.07) is 0. The third-order valence-corrected chi connectivity index (χ3v) is 4.01. The van der Waals surface area contributed by atoms with Gasteiger partial charge in [0, 0.05) is 34.9 Å². The van der Waals surface area contributed by atoms with Crippen LogP contribution in [0.2, 0.25) is 0 Å². The zero-order valence-corrected chi connectivity index (χ0v) is 8.48. The molecule has 2 unspecified atom stereocenters. The molecule has 2 atom stereocenters. The van der Waals surface area contributed by atoms with E-state index in [9.17, 15) is 4.21 Å². The molecule has 0 aliphatic carbocycles. The third kappa shape index (κ3) is 2.72. The molecule has 1 rings (SSSR count). The van der Waals surface area contributed by atoms with Gasteiger partial charge in [-0.25, -0.2) is 0 Å². The second kappa shape index (κ2) is 4.77. The highest BCUT2D eigenvalue weighted by atomic mass is 32.2. The molecule has 12 heavy (non-hydrogen) atoms. The molecule has 1 aliphatic rings. The Labute approximate surface area is 77.1 Å². The maximum atomic E-state index is 11.4. The van der Waals surface area contributed by atoms with Crippen molar-refractivity contribution in [3.8, 4) is 0 Å². The summed E-state index contributed by atoms with van der Waals surface area (Å²) >= 11 is 0. The molecule has 0 radical (unpaired) electrons. The van der Waals surface area contributed by atoms with Crippen molar-refractivity contribution in [3.05, 3.63) is 12.7 Å². The first-order chi connectivity index (χ1) is 5.74. The Morgan fingerprint density at radius 3 is 3.08 bits per heavy atom. The lowest BCUT2D eigenvalue weighted by Crippen LogP contribution is -2.26. The van der Waals surface area contributed by atoms with Crippen molar-refractivity contribution in [2.45, 2.75) is 18.6 Å². The molecule has 1 heterocycles. The summed E-state index contributed by atoms with van der Waals surface area (Å²) < 4.78 is 11.4. The van der Waals surface area contributed by atoms with Crippen LogP contribution in [0, 0.1) is 0 Å². The molecule has 1 fully saturated rings. The van der Waals surface area contributed by atoms with Gasteiger partial charge in [-0.3, -0.25) is 9.11 Å². The highest BCUT2D eigenvalue weighted by molar-refractivity contribution is 7.85. The topological polar surface area (TPSA) is 20.3 Å². The molecule has 1 aliphatic heterocycles. The molecule has 0 saturated carbocycles. The van der Waals surface area contributed by atoms with Crippen molar-refractivity contribution in [2.24, 2.45) is 0 Å². The summed E-state index contributed by atoms with van der Waals surface area (Å²) in [5.41, 5.74) is 0. The van der Waals surface area contributed by atoms with Crippen molar-refractivity contribution in [3.63, 3.8) is 0 Å². The van der Waals surface area contributed by atoms with Gasteiger partial charge in [-0.1, -0.05) is 13.0 Å². The summed E-state index contributed by atoms with van der Waals surface area (Å²) in [6.45, 7) is 8.75. The first-order valence-corrected chi connectivity index (χ1v) is 5.82. The lowest BCUT2D eigenvalue weighted by molar-refractivity contribution is 0.323. The fourth-order valence-electron chi connectivity index (χ4n) is 1.39. The minimum atomic E-state index is -0.603. The summed E-state index contributed by atoms with van der Waals surface area (Å²) in [4.78, 5) is 2.31. The van der Waals surface area contributed by atoms with E-state index in [0.717, 1.165) is 31.8 Å². The quantitative estimate of drug-likeness (QED) is 0.601. The third-order valence-electron chi connectivity index (χ3n) is 2.30. The number of rotatable bonds is 2. The van der Waals surface area contributed by atoms with Crippen LogP contribution in [0.1, 0.15) is 13.3 Å². The van der Waals surface area contributed by atoms with Crippen LogP contribution in [0.15, 0.2) is 12.7 Å². The van der Waals surface area contributed by atoms with Gasteiger partial charge in [-0.15, -0.1) is 6.58 Å². The van der Waals surface area contributed by atoms with Crippen molar-refractivity contribution < 1.29 is 4.21 Å². The van der Waals surface area contributed by atoms with Gasteiger partial charge in [0.25, 0.3) is 0 Å². The Hall–Kier alpha value is -0.150. The second-order valence-corrected chi connectivity index (χ2v) is 5.25. The van der Waals surface area contributed by atoms with Crippen molar-refractivity contribution >= 4 is 10.8 Å². The Bertz CT molecular complexity index is 181. The molecular formula is C9H17NOS. The molecule has 0 bridgehead atoms. The van der Waals surface area contributed by atoms with Gasteiger partial charge in [0.05, 0.1) is 0 Å². The van der Waals surface area contributed by atoms with E-state index in [4.69, 9.17) is 0 Å². The molecule has 0 spiro atoms. The van der Waals surface area contributed by atoms with Gasteiger partial charge < -0.3 is 0 Å². The standard InChI is InChI=1S/C9H17NOS/c1-3-5-10-6-4-9(2)12(11)8-7-10/h3,9H,1,4-8H2,2H3. The van der Waals surface area contributed by atoms with Crippen LogP contribution in [-0.2, 0) is 10.8 Å². The summed E-state index contributed by atoms with van der Waals surface area (Å²) in [6.07, 6.45) is 2.97. The van der Waals surface area contributed by atoms with E-state index in [1.807, 2.05) is 6.08 Å². The van der Waals surface area contributed by atoms with Crippen LogP contribution in [0.25, 0.3) is 0 Å². The first kappa shape index (κ1) is 9.93. The molecule has 2 nitrogen and oxygen atoms in total. The molecule has 70 valence electrons. The minimum absolute atomic E-state index is 0.375. The van der Waals surface area contributed by atoms with Crippen molar-refractivity contribution in [2.75, 3.05) is 25.4 Å². The van der Waals surface area contributed by atoms with Gasteiger partial charge in [-0.05, 0) is 13.0 Å². The van der Waals surface area contributed by atoms with E-state index in [-0.39, 0.29) is 0 Å². The fourth-order valence-corrected chi connectivity index (χ4v) is 2.60. The van der Waals surface area contributed by atoms with Crippen LogP contribution >= 0.6 is 0 Å². The van der Waals surface area contributed by atoms with Gasteiger partial charge >= 0.3 is 0 Å². The minimum Gasteiger partial charge on any atom is -0.299 e. The maximum absolute atomic E-state index is 11.4. The van der Waals surface area contributed by atoms with E-state index < -0.39 is 10.8 Å². The normalized spacial score (nSPS) is 32.8. The lowest BCUT2D eigenvalue weighted by atomic mass is 10.3. The number of hydrogen-bond acceptors (Lipinski definition) is 2. The summed E-state index contributed by atoms with van der Waals surface area (Å²) in [5, 5.41) is 0.375. The Morgan fingerprint density at radius 1 is 1.67 bits per heavy atom. The average molecular weight is 187 g/mol. The molecular weight excluding hydrogens is 170 g/mol. The second-order valence-electron chi connectivity index (χ2n) is 3.27. The number of nitrogens with zero attached hydrogens (tertiary/aromatic N) is 1. The van der Waals surface area contributed by atoms with Crippen LogP contribution < -0.4 is 0 Å². The Morgan fingerprint density at radius 2 is 2.42 bits per heavy atom. The molecule has 0 amide bonds. The maximum Gasteiger partial charge on any atom is 0.0365 e. The summed E-state index contributed by atoms with van der Waals surface area (Å²) in [7, 11) is -0.603. The molecule has 3 heteroatoms. The van der Waals surface area contributed by atoms with Gasteiger partial charge in [-0.2, -0.15) is 0 Å². The zero-order valence-electron chi connectivity index (χ0n) is 7.66. The largest absolute Gasteiger partial charge is 0.299 e.